The van der Waals surface area contributed by atoms with Gasteiger partial charge in [0.15, 0.2) is 12.0 Å². The number of rotatable bonds is 4. The van der Waals surface area contributed by atoms with Crippen molar-refractivity contribution in [3.8, 4) is 5.75 Å². The molecule has 4 aromatic rings. The van der Waals surface area contributed by atoms with E-state index in [4.69, 9.17) is 20.8 Å². The van der Waals surface area contributed by atoms with Crippen LogP contribution in [0.5, 0.6) is 5.75 Å². The summed E-state index contributed by atoms with van der Waals surface area (Å²) in [4.78, 5) is 23.2. The fourth-order valence-electron chi connectivity index (χ4n) is 3.08. The Morgan fingerprint density at radius 1 is 1.22 bits per heavy atom. The average Bonchev–Trinajstić information content (AvgIpc) is 3.15. The molecule has 0 saturated heterocycles. The third kappa shape index (κ3) is 2.98. The van der Waals surface area contributed by atoms with Crippen LogP contribution in [0.3, 0.4) is 0 Å². The molecule has 0 spiro atoms. The number of amides is 1. The molecule has 0 bridgehead atoms. The molecule has 0 fully saturated rings. The van der Waals surface area contributed by atoms with E-state index in [2.05, 4.69) is 9.97 Å². The number of carbonyl (C=O) groups excluding carboxylic acids is 1. The Balaban J connectivity index is 2.02. The lowest BCUT2D eigenvalue weighted by Crippen LogP contribution is -2.27. The number of ether oxygens (including phenoxy) is 1. The number of hydrogen-bond acceptors (Lipinski definition) is 5. The summed E-state index contributed by atoms with van der Waals surface area (Å²) >= 11 is 5.94. The topological polar surface area (TPSA) is 68.5 Å². The van der Waals surface area contributed by atoms with Gasteiger partial charge >= 0.3 is 0 Å². The monoisotopic (exact) mass is 381 g/mol. The molecule has 0 aliphatic rings. The summed E-state index contributed by atoms with van der Waals surface area (Å²) in [6.07, 6.45) is 1.35. The summed E-state index contributed by atoms with van der Waals surface area (Å²) in [5.74, 6) is -0.0154. The molecule has 2 aromatic carbocycles. The van der Waals surface area contributed by atoms with Gasteiger partial charge in [-0.1, -0.05) is 18.2 Å². The minimum Gasteiger partial charge on any atom is -0.494 e. The normalized spacial score (nSPS) is 11.1. The molecule has 0 atom stereocenters. The van der Waals surface area contributed by atoms with Crippen LogP contribution >= 0.6 is 11.6 Å². The number of anilines is 2. The molecule has 0 aliphatic carbocycles. The van der Waals surface area contributed by atoms with Gasteiger partial charge in [-0.15, -0.1) is 11.6 Å². The molecule has 2 aromatic heterocycles. The number of halogens is 1. The number of aromatic nitrogens is 2. The van der Waals surface area contributed by atoms with Crippen molar-refractivity contribution in [2.75, 3.05) is 17.9 Å². The first kappa shape index (κ1) is 17.3. The third-order valence-corrected chi connectivity index (χ3v) is 4.54. The van der Waals surface area contributed by atoms with E-state index < -0.39 is 0 Å². The van der Waals surface area contributed by atoms with E-state index in [0.29, 0.717) is 33.7 Å². The minimum absolute atomic E-state index is 0.192. The van der Waals surface area contributed by atoms with Crippen LogP contribution in [0.4, 0.5) is 11.4 Å². The highest BCUT2D eigenvalue weighted by Gasteiger charge is 2.24. The van der Waals surface area contributed by atoms with E-state index in [1.165, 1.54) is 18.4 Å². The minimum atomic E-state index is -0.298. The van der Waals surface area contributed by atoms with Gasteiger partial charge < -0.3 is 9.15 Å². The molecule has 0 saturated carbocycles. The molecule has 4 rings (SSSR count). The summed E-state index contributed by atoms with van der Waals surface area (Å²) in [6.45, 7) is 1.91. The number of benzene rings is 2. The highest BCUT2D eigenvalue weighted by atomic mass is 35.5. The number of hydrogen-bond donors (Lipinski definition) is 0. The van der Waals surface area contributed by atoms with Crippen LogP contribution in [-0.4, -0.2) is 28.9 Å². The predicted molar refractivity (Wildman–Crippen MR) is 105 cm³/mol. The van der Waals surface area contributed by atoms with Crippen molar-refractivity contribution in [3.05, 3.63) is 54.6 Å². The van der Waals surface area contributed by atoms with Crippen LogP contribution in [0, 0.1) is 6.92 Å². The summed E-state index contributed by atoms with van der Waals surface area (Å²) in [5, 5.41) is 0.923. The lowest BCUT2D eigenvalue weighted by molar-refractivity contribution is -0.115. The smallest absolute Gasteiger partial charge is 0.246 e. The standard InChI is InChI=1S/C20H16ClN3O3/c1-12-6-7-13-4-3-5-15(20(13)23-12)24(19(25)10-21)16-8-14-17(27-11-22-14)9-18(16)26-2/h3-9,11H,10H2,1-2H3. The number of nitrogens with zero attached hydrogens (tertiary/aromatic N) is 3. The summed E-state index contributed by atoms with van der Waals surface area (Å²) < 4.78 is 10.9. The number of alkyl halides is 1. The van der Waals surface area contributed by atoms with Crippen molar-refractivity contribution < 1.29 is 13.9 Å². The molecule has 27 heavy (non-hydrogen) atoms. The van der Waals surface area contributed by atoms with Crippen LogP contribution in [-0.2, 0) is 4.79 Å². The molecule has 6 nitrogen and oxygen atoms in total. The molecule has 136 valence electrons. The second-order valence-corrected chi connectivity index (χ2v) is 6.28. The SMILES string of the molecule is COc1cc2ocnc2cc1N(C(=O)CCl)c1cccc2ccc(C)nc12. The van der Waals surface area contributed by atoms with Gasteiger partial charge in [0.1, 0.15) is 17.1 Å². The Bertz CT molecular complexity index is 1160. The van der Waals surface area contributed by atoms with Crippen LogP contribution in [0.25, 0.3) is 22.0 Å². The van der Waals surface area contributed by atoms with Crippen LogP contribution in [0.1, 0.15) is 5.69 Å². The number of aryl methyl sites for hydroxylation is 1. The van der Waals surface area contributed by atoms with E-state index in [0.717, 1.165) is 11.1 Å². The van der Waals surface area contributed by atoms with Gasteiger partial charge in [0.2, 0.25) is 5.91 Å². The first-order chi connectivity index (χ1) is 13.1. The maximum absolute atomic E-state index is 12.9. The number of oxazole rings is 1. The fraction of sp³-hybridized carbons (Fsp3) is 0.150. The van der Waals surface area contributed by atoms with Gasteiger partial charge in [-0.2, -0.15) is 0 Å². The molecular weight excluding hydrogens is 366 g/mol. The largest absolute Gasteiger partial charge is 0.494 e. The second kappa shape index (κ2) is 6.89. The number of pyridine rings is 1. The van der Waals surface area contributed by atoms with E-state index in [9.17, 15) is 4.79 Å². The quantitative estimate of drug-likeness (QED) is 0.483. The Morgan fingerprint density at radius 2 is 2.07 bits per heavy atom. The van der Waals surface area contributed by atoms with Crippen LogP contribution < -0.4 is 9.64 Å². The second-order valence-electron chi connectivity index (χ2n) is 6.01. The highest BCUT2D eigenvalue weighted by Crippen LogP contribution is 2.39. The maximum atomic E-state index is 12.9. The zero-order valence-electron chi connectivity index (χ0n) is 14.8. The van der Waals surface area contributed by atoms with Crippen molar-refractivity contribution in [1.82, 2.24) is 9.97 Å². The Kier molecular flexibility index (Phi) is 4.41. The molecule has 0 unspecified atom stereocenters. The summed E-state index contributed by atoms with van der Waals surface area (Å²) in [5.41, 5.74) is 3.90. The Labute approximate surface area is 160 Å². The van der Waals surface area contributed by atoms with E-state index in [1.807, 2.05) is 37.3 Å². The summed E-state index contributed by atoms with van der Waals surface area (Å²) in [7, 11) is 1.54. The van der Waals surface area contributed by atoms with Crippen molar-refractivity contribution >= 4 is 50.9 Å². The summed E-state index contributed by atoms with van der Waals surface area (Å²) in [6, 6.07) is 13.0. The number of carbonyl (C=O) groups is 1. The van der Waals surface area contributed by atoms with E-state index >= 15 is 0 Å². The number of fused-ring (bicyclic) bond motifs is 2. The third-order valence-electron chi connectivity index (χ3n) is 4.32. The van der Waals surface area contributed by atoms with Gasteiger partial charge in [0, 0.05) is 17.1 Å². The van der Waals surface area contributed by atoms with Crippen molar-refractivity contribution in [2.24, 2.45) is 0 Å². The van der Waals surface area contributed by atoms with Gasteiger partial charge in [-0.05, 0) is 25.1 Å². The molecule has 0 radical (unpaired) electrons. The first-order valence-corrected chi connectivity index (χ1v) is 8.82. The zero-order chi connectivity index (χ0) is 19.0. The Hall–Kier alpha value is -3.12. The molecule has 2 heterocycles. The van der Waals surface area contributed by atoms with Crippen molar-refractivity contribution in [2.45, 2.75) is 6.92 Å². The zero-order valence-corrected chi connectivity index (χ0v) is 15.5. The van der Waals surface area contributed by atoms with E-state index in [1.54, 1.807) is 12.1 Å². The van der Waals surface area contributed by atoms with Crippen LogP contribution in [0.15, 0.2) is 53.3 Å². The average molecular weight is 382 g/mol. The molecule has 7 heteroatoms. The molecule has 0 aliphatic heterocycles. The Morgan fingerprint density at radius 3 is 2.85 bits per heavy atom. The molecular formula is C20H16ClN3O3. The molecule has 1 amide bonds. The maximum Gasteiger partial charge on any atom is 0.246 e. The fourth-order valence-corrected chi connectivity index (χ4v) is 3.20. The highest BCUT2D eigenvalue weighted by molar-refractivity contribution is 6.31. The lowest BCUT2D eigenvalue weighted by atomic mass is 10.1. The number of methoxy groups -OCH3 is 1. The lowest BCUT2D eigenvalue weighted by Gasteiger charge is -2.25. The number of para-hydroxylation sites is 1. The van der Waals surface area contributed by atoms with E-state index in [-0.39, 0.29) is 11.8 Å². The van der Waals surface area contributed by atoms with Crippen molar-refractivity contribution in [1.29, 1.82) is 0 Å². The van der Waals surface area contributed by atoms with Gasteiger partial charge in [0.25, 0.3) is 0 Å². The van der Waals surface area contributed by atoms with Gasteiger partial charge in [0.05, 0.1) is 24.0 Å². The van der Waals surface area contributed by atoms with Crippen LogP contribution in [0.2, 0.25) is 0 Å². The predicted octanol–water partition coefficient (Wildman–Crippen LogP) is 4.60. The molecule has 0 N–H and O–H groups in total. The van der Waals surface area contributed by atoms with Gasteiger partial charge in [-0.25, -0.2) is 4.98 Å². The van der Waals surface area contributed by atoms with Gasteiger partial charge in [-0.3, -0.25) is 14.7 Å². The van der Waals surface area contributed by atoms with Crippen molar-refractivity contribution in [3.63, 3.8) is 0 Å². The first-order valence-electron chi connectivity index (χ1n) is 8.29.